The van der Waals surface area contributed by atoms with E-state index in [1.807, 2.05) is 30.3 Å². The number of benzene rings is 2. The fourth-order valence-corrected chi connectivity index (χ4v) is 2.20. The van der Waals surface area contributed by atoms with Crippen LogP contribution in [-0.2, 0) is 11.1 Å². The Morgan fingerprint density at radius 1 is 1.12 bits per heavy atom. The third-order valence-electron chi connectivity index (χ3n) is 2.45. The van der Waals surface area contributed by atoms with Gasteiger partial charge in [0.15, 0.2) is 0 Å². The molecule has 3 nitrogen and oxygen atoms in total. The average Bonchev–Trinajstić information content (AvgIpc) is 2.39. The Morgan fingerprint density at radius 3 is 2.59 bits per heavy atom. The Hall–Kier alpha value is -1.65. The second-order valence-corrected chi connectivity index (χ2v) is 4.37. The van der Waals surface area contributed by atoms with Crippen LogP contribution >= 0.6 is 0 Å². The van der Waals surface area contributed by atoms with Gasteiger partial charge in [0.2, 0.25) is 0 Å². The van der Waals surface area contributed by atoms with E-state index >= 15 is 0 Å². The lowest BCUT2D eigenvalue weighted by Crippen LogP contribution is -1.93. The van der Waals surface area contributed by atoms with Gasteiger partial charge in [-0.25, -0.2) is 0 Å². The summed E-state index contributed by atoms with van der Waals surface area (Å²) < 4.78 is 27.4. The molecule has 0 saturated carbocycles. The van der Waals surface area contributed by atoms with E-state index in [4.69, 9.17) is 4.74 Å². The highest BCUT2D eigenvalue weighted by Gasteiger charge is 2.05. The molecule has 0 aromatic heterocycles. The molecule has 2 aromatic carbocycles. The molecule has 1 unspecified atom stereocenters. The zero-order valence-corrected chi connectivity index (χ0v) is 10.1. The molecule has 0 bridgehead atoms. The van der Waals surface area contributed by atoms with E-state index in [0.717, 1.165) is 5.56 Å². The predicted molar refractivity (Wildman–Crippen MR) is 65.6 cm³/mol. The van der Waals surface area contributed by atoms with Gasteiger partial charge in [0.1, 0.15) is 5.75 Å². The van der Waals surface area contributed by atoms with Crippen molar-refractivity contribution in [2.24, 2.45) is 0 Å². The molecule has 0 aliphatic heterocycles. The van der Waals surface area contributed by atoms with Crippen LogP contribution in [0.1, 0.15) is 0 Å². The van der Waals surface area contributed by atoms with Crippen molar-refractivity contribution in [2.45, 2.75) is 4.90 Å². The summed E-state index contributed by atoms with van der Waals surface area (Å²) in [5.41, 5.74) is 1.50. The van der Waals surface area contributed by atoms with Crippen LogP contribution in [0.3, 0.4) is 0 Å². The lowest BCUT2D eigenvalue weighted by molar-refractivity contribution is 0.415. The summed E-state index contributed by atoms with van der Waals surface area (Å²) in [5.74, 6) is 0.703. The van der Waals surface area contributed by atoms with Gasteiger partial charge >= 0.3 is 0 Å². The van der Waals surface area contributed by atoms with Gasteiger partial charge in [0, 0.05) is 4.90 Å². The predicted octanol–water partition coefficient (Wildman–Crippen LogP) is 2.60. The molecule has 0 aliphatic carbocycles. The van der Waals surface area contributed by atoms with Crippen LogP contribution in [0.5, 0.6) is 5.75 Å². The molecule has 0 N–H and O–H groups in total. The van der Waals surface area contributed by atoms with Crippen molar-refractivity contribution >= 4 is 11.1 Å². The first-order valence-electron chi connectivity index (χ1n) is 5.05. The smallest absolute Gasteiger partial charge is 0.119 e. The highest BCUT2D eigenvalue weighted by Crippen LogP contribution is 2.28. The van der Waals surface area contributed by atoms with Gasteiger partial charge in [0.05, 0.1) is 7.11 Å². The molecule has 4 heteroatoms. The van der Waals surface area contributed by atoms with Gasteiger partial charge in [-0.1, -0.05) is 30.3 Å². The molecule has 0 aliphatic rings. The summed E-state index contributed by atoms with van der Waals surface area (Å²) in [6.45, 7) is 0. The Labute approximate surface area is 102 Å². The summed E-state index contributed by atoms with van der Waals surface area (Å²) >= 11 is -2.24. The lowest BCUT2D eigenvalue weighted by atomic mass is 10.1. The standard InChI is InChI=1S/C13H12O3S/c1-16-11-6-4-5-10(9-11)12-7-2-3-8-13(12)17(14)15/h2-9H,1H3,(H,14,15)/p-1. The molecule has 0 fully saturated rings. The van der Waals surface area contributed by atoms with Crippen LogP contribution in [0.15, 0.2) is 53.4 Å². The molecule has 0 amide bonds. The van der Waals surface area contributed by atoms with Crippen molar-refractivity contribution < 1.29 is 13.5 Å². The molecule has 2 aromatic rings. The third-order valence-corrected chi connectivity index (χ3v) is 3.16. The Bertz CT molecular complexity index is 552. The molecule has 0 saturated heterocycles. The summed E-state index contributed by atoms with van der Waals surface area (Å²) in [6.07, 6.45) is 0. The van der Waals surface area contributed by atoms with Gasteiger partial charge < -0.3 is 9.29 Å². The first kappa shape index (κ1) is 11.8. The van der Waals surface area contributed by atoms with E-state index in [1.165, 1.54) is 0 Å². The van der Waals surface area contributed by atoms with E-state index in [1.54, 1.807) is 25.3 Å². The molecule has 88 valence electrons. The fourth-order valence-electron chi connectivity index (χ4n) is 1.64. The van der Waals surface area contributed by atoms with Gasteiger partial charge in [-0.2, -0.15) is 0 Å². The molecule has 0 radical (unpaired) electrons. The molecule has 1 atom stereocenters. The SMILES string of the molecule is COc1cccc(-c2ccccc2S(=O)[O-])c1. The van der Waals surface area contributed by atoms with Crippen LogP contribution in [0, 0.1) is 0 Å². The molecule has 2 rings (SSSR count). The molecular formula is C13H11O3S-. The maximum Gasteiger partial charge on any atom is 0.119 e. The van der Waals surface area contributed by atoms with Crippen molar-refractivity contribution in [3.8, 4) is 16.9 Å². The first-order valence-corrected chi connectivity index (χ1v) is 6.12. The van der Waals surface area contributed by atoms with Gasteiger partial charge in [0.25, 0.3) is 0 Å². The Balaban J connectivity index is 2.56. The quantitative estimate of drug-likeness (QED) is 0.783. The minimum atomic E-state index is -2.24. The van der Waals surface area contributed by atoms with Gasteiger partial charge in [-0.05, 0) is 40.4 Å². The number of methoxy groups -OCH3 is 1. The summed E-state index contributed by atoms with van der Waals surface area (Å²) in [7, 11) is 1.58. The molecule has 0 spiro atoms. The largest absolute Gasteiger partial charge is 0.768 e. The number of rotatable bonds is 3. The summed E-state index contributed by atoms with van der Waals surface area (Å²) in [4.78, 5) is 0.292. The highest BCUT2D eigenvalue weighted by molar-refractivity contribution is 7.79. The minimum Gasteiger partial charge on any atom is -0.768 e. The zero-order valence-electron chi connectivity index (χ0n) is 9.25. The average molecular weight is 247 g/mol. The normalized spacial score (nSPS) is 12.1. The van der Waals surface area contributed by atoms with Gasteiger partial charge in [-0.15, -0.1) is 0 Å². The monoisotopic (exact) mass is 247 g/mol. The van der Waals surface area contributed by atoms with Crippen LogP contribution in [0.25, 0.3) is 11.1 Å². The summed E-state index contributed by atoms with van der Waals surface area (Å²) in [6, 6.07) is 14.2. The number of ether oxygens (including phenoxy) is 1. The van der Waals surface area contributed by atoms with E-state index in [-0.39, 0.29) is 0 Å². The van der Waals surface area contributed by atoms with Crippen LogP contribution in [-0.4, -0.2) is 15.9 Å². The van der Waals surface area contributed by atoms with E-state index in [9.17, 15) is 8.76 Å². The molecule has 0 heterocycles. The van der Waals surface area contributed by atoms with E-state index in [2.05, 4.69) is 0 Å². The second-order valence-electron chi connectivity index (χ2n) is 3.46. The van der Waals surface area contributed by atoms with Crippen molar-refractivity contribution in [2.75, 3.05) is 7.11 Å². The highest BCUT2D eigenvalue weighted by atomic mass is 32.2. The Morgan fingerprint density at radius 2 is 1.88 bits per heavy atom. The fraction of sp³-hybridized carbons (Fsp3) is 0.0769. The van der Waals surface area contributed by atoms with Gasteiger partial charge in [-0.3, -0.25) is 4.21 Å². The third kappa shape index (κ3) is 2.54. The zero-order chi connectivity index (χ0) is 12.3. The van der Waals surface area contributed by atoms with E-state index in [0.29, 0.717) is 16.2 Å². The van der Waals surface area contributed by atoms with E-state index < -0.39 is 11.1 Å². The Kier molecular flexibility index (Phi) is 3.56. The van der Waals surface area contributed by atoms with Crippen LogP contribution in [0.2, 0.25) is 0 Å². The first-order chi connectivity index (χ1) is 8.22. The second kappa shape index (κ2) is 5.12. The summed E-state index contributed by atoms with van der Waals surface area (Å²) in [5, 5.41) is 0. The molecule has 17 heavy (non-hydrogen) atoms. The minimum absolute atomic E-state index is 0.292. The van der Waals surface area contributed by atoms with Crippen LogP contribution in [0.4, 0.5) is 0 Å². The number of hydrogen-bond acceptors (Lipinski definition) is 3. The number of hydrogen-bond donors (Lipinski definition) is 0. The topological polar surface area (TPSA) is 49.4 Å². The van der Waals surface area contributed by atoms with Crippen LogP contribution < -0.4 is 4.74 Å². The molecular weight excluding hydrogens is 236 g/mol. The van der Waals surface area contributed by atoms with Crippen molar-refractivity contribution in [3.63, 3.8) is 0 Å². The maximum atomic E-state index is 11.1. The lowest BCUT2D eigenvalue weighted by Gasteiger charge is -2.12. The van der Waals surface area contributed by atoms with Crippen molar-refractivity contribution in [1.82, 2.24) is 0 Å². The maximum absolute atomic E-state index is 11.1. The van der Waals surface area contributed by atoms with Crippen molar-refractivity contribution in [1.29, 1.82) is 0 Å². The van der Waals surface area contributed by atoms with Crippen molar-refractivity contribution in [3.05, 3.63) is 48.5 Å².